The third-order valence-electron chi connectivity index (χ3n) is 2.06. The third-order valence-corrected chi connectivity index (χ3v) is 2.34. The first-order chi connectivity index (χ1) is 7.20. The van der Waals surface area contributed by atoms with E-state index in [0.717, 1.165) is 16.9 Å². The molecule has 15 heavy (non-hydrogen) atoms. The topological polar surface area (TPSA) is 42.7 Å². The lowest BCUT2D eigenvalue weighted by Gasteiger charge is -2.00. The van der Waals surface area contributed by atoms with Gasteiger partial charge in [0.05, 0.1) is 23.8 Å². The number of nitrogens with zero attached hydrogens (tertiary/aromatic N) is 3. The van der Waals surface area contributed by atoms with Crippen LogP contribution < -0.4 is 5.32 Å². The largest absolute Gasteiger partial charge is 0.384 e. The fourth-order valence-electron chi connectivity index (χ4n) is 1.32. The lowest BCUT2D eigenvalue weighted by Crippen LogP contribution is -1.95. The molecule has 2 rings (SSSR count). The van der Waals surface area contributed by atoms with Gasteiger partial charge in [0, 0.05) is 13.2 Å². The van der Waals surface area contributed by atoms with E-state index in [-0.39, 0.29) is 0 Å². The second-order valence-corrected chi connectivity index (χ2v) is 3.61. The molecule has 0 atom stereocenters. The van der Waals surface area contributed by atoms with Crippen LogP contribution in [0.1, 0.15) is 5.56 Å². The quantitative estimate of drug-likeness (QED) is 0.848. The molecule has 0 aromatic carbocycles. The Morgan fingerprint density at radius 3 is 2.80 bits per heavy atom. The molecule has 2 aromatic rings. The lowest BCUT2D eigenvalue weighted by molar-refractivity contribution is 0.872. The Morgan fingerprint density at radius 2 is 2.20 bits per heavy atom. The number of hydrogen-bond acceptors (Lipinski definition) is 3. The molecule has 0 spiro atoms. The van der Waals surface area contributed by atoms with Crippen LogP contribution in [0, 0.1) is 6.92 Å². The molecular weight excluding hydrogens is 212 g/mol. The molecule has 4 nitrogen and oxygen atoms in total. The first-order valence-corrected chi connectivity index (χ1v) is 4.93. The number of hydrogen-bond donors (Lipinski definition) is 1. The van der Waals surface area contributed by atoms with Crippen molar-refractivity contribution in [2.75, 3.05) is 12.4 Å². The molecule has 78 valence electrons. The SMILES string of the molecule is CNc1cn(-c2cncc(C)c2)nc1Cl. The van der Waals surface area contributed by atoms with Crippen molar-refractivity contribution in [3.63, 3.8) is 0 Å². The molecule has 0 bridgehead atoms. The minimum atomic E-state index is 0.457. The van der Waals surface area contributed by atoms with Gasteiger partial charge in [0.15, 0.2) is 5.15 Å². The molecule has 0 saturated heterocycles. The highest BCUT2D eigenvalue weighted by atomic mass is 35.5. The predicted molar refractivity (Wildman–Crippen MR) is 60.7 cm³/mol. The third kappa shape index (κ3) is 1.94. The van der Waals surface area contributed by atoms with Crippen molar-refractivity contribution in [1.29, 1.82) is 0 Å². The average Bonchev–Trinajstić information content (AvgIpc) is 2.60. The molecule has 0 aliphatic rings. The molecule has 2 aromatic heterocycles. The van der Waals surface area contributed by atoms with Gasteiger partial charge in [-0.25, -0.2) is 4.68 Å². The summed E-state index contributed by atoms with van der Waals surface area (Å²) in [5.74, 6) is 0. The van der Waals surface area contributed by atoms with E-state index in [1.807, 2.05) is 26.2 Å². The van der Waals surface area contributed by atoms with E-state index < -0.39 is 0 Å². The molecule has 0 amide bonds. The van der Waals surface area contributed by atoms with Gasteiger partial charge in [-0.15, -0.1) is 0 Å². The van der Waals surface area contributed by atoms with Crippen molar-refractivity contribution < 1.29 is 0 Å². The number of halogens is 1. The molecule has 0 unspecified atom stereocenters. The van der Waals surface area contributed by atoms with E-state index in [1.54, 1.807) is 17.1 Å². The number of anilines is 1. The van der Waals surface area contributed by atoms with E-state index in [0.29, 0.717) is 5.15 Å². The van der Waals surface area contributed by atoms with Crippen LogP contribution in [0.4, 0.5) is 5.69 Å². The second kappa shape index (κ2) is 3.90. The van der Waals surface area contributed by atoms with Crippen LogP contribution in [0.2, 0.25) is 5.15 Å². The second-order valence-electron chi connectivity index (χ2n) is 3.25. The zero-order valence-corrected chi connectivity index (χ0v) is 9.28. The highest BCUT2D eigenvalue weighted by molar-refractivity contribution is 6.31. The minimum Gasteiger partial charge on any atom is -0.384 e. The maximum atomic E-state index is 5.92. The summed E-state index contributed by atoms with van der Waals surface area (Å²) in [7, 11) is 1.81. The highest BCUT2D eigenvalue weighted by Crippen LogP contribution is 2.20. The van der Waals surface area contributed by atoms with Gasteiger partial charge < -0.3 is 5.32 Å². The number of aryl methyl sites for hydroxylation is 1. The number of aromatic nitrogens is 3. The molecule has 0 fully saturated rings. The Kier molecular flexibility index (Phi) is 2.60. The monoisotopic (exact) mass is 222 g/mol. The summed E-state index contributed by atoms with van der Waals surface area (Å²) < 4.78 is 1.70. The van der Waals surface area contributed by atoms with E-state index in [9.17, 15) is 0 Å². The summed E-state index contributed by atoms with van der Waals surface area (Å²) in [4.78, 5) is 4.10. The molecule has 0 radical (unpaired) electrons. The summed E-state index contributed by atoms with van der Waals surface area (Å²) in [5.41, 5.74) is 2.79. The Bertz CT molecular complexity index is 478. The van der Waals surface area contributed by atoms with Crippen molar-refractivity contribution in [3.8, 4) is 5.69 Å². The first kappa shape index (κ1) is 9.98. The van der Waals surface area contributed by atoms with Gasteiger partial charge in [0.1, 0.15) is 0 Å². The van der Waals surface area contributed by atoms with Crippen LogP contribution in [0.3, 0.4) is 0 Å². The number of nitrogens with one attached hydrogen (secondary N) is 1. The van der Waals surface area contributed by atoms with Crippen molar-refractivity contribution in [3.05, 3.63) is 35.4 Å². The summed E-state index contributed by atoms with van der Waals surface area (Å²) in [6, 6.07) is 2.00. The molecule has 1 N–H and O–H groups in total. The normalized spacial score (nSPS) is 10.3. The van der Waals surface area contributed by atoms with Crippen LogP contribution >= 0.6 is 11.6 Å². The highest BCUT2D eigenvalue weighted by Gasteiger charge is 2.06. The Hall–Kier alpha value is -1.55. The van der Waals surface area contributed by atoms with Gasteiger partial charge in [0.25, 0.3) is 0 Å². The smallest absolute Gasteiger partial charge is 0.174 e. The number of pyridine rings is 1. The Labute approximate surface area is 92.9 Å². The van der Waals surface area contributed by atoms with E-state index in [1.165, 1.54) is 0 Å². The van der Waals surface area contributed by atoms with Crippen molar-refractivity contribution in [1.82, 2.24) is 14.8 Å². The summed E-state index contributed by atoms with van der Waals surface area (Å²) in [6.07, 6.45) is 5.38. The maximum absolute atomic E-state index is 5.92. The first-order valence-electron chi connectivity index (χ1n) is 4.55. The summed E-state index contributed by atoms with van der Waals surface area (Å²) >= 11 is 5.92. The summed E-state index contributed by atoms with van der Waals surface area (Å²) in [5, 5.41) is 7.59. The van der Waals surface area contributed by atoms with Gasteiger partial charge in [-0.1, -0.05) is 11.6 Å². The van der Waals surface area contributed by atoms with Crippen LogP contribution in [0.25, 0.3) is 5.69 Å². The van der Waals surface area contributed by atoms with E-state index in [4.69, 9.17) is 11.6 Å². The van der Waals surface area contributed by atoms with Crippen molar-refractivity contribution in [2.45, 2.75) is 6.92 Å². The predicted octanol–water partition coefficient (Wildman–Crippen LogP) is 2.27. The van der Waals surface area contributed by atoms with E-state index >= 15 is 0 Å². The van der Waals surface area contributed by atoms with Crippen molar-refractivity contribution in [2.24, 2.45) is 0 Å². The van der Waals surface area contributed by atoms with Crippen LogP contribution in [0.5, 0.6) is 0 Å². The zero-order chi connectivity index (χ0) is 10.8. The average molecular weight is 223 g/mol. The Morgan fingerprint density at radius 1 is 1.40 bits per heavy atom. The van der Waals surface area contributed by atoms with Gasteiger partial charge in [-0.3, -0.25) is 4.98 Å². The van der Waals surface area contributed by atoms with Gasteiger partial charge in [-0.2, -0.15) is 5.10 Å². The standard InChI is InChI=1S/C10H11ClN4/c1-7-3-8(5-13-4-7)15-6-9(12-2)10(11)14-15/h3-6,12H,1-2H3. The molecule has 0 aliphatic carbocycles. The van der Waals surface area contributed by atoms with Crippen LogP contribution in [0.15, 0.2) is 24.7 Å². The minimum absolute atomic E-state index is 0.457. The summed E-state index contributed by atoms with van der Waals surface area (Å²) in [6.45, 7) is 1.99. The van der Waals surface area contributed by atoms with Crippen molar-refractivity contribution >= 4 is 17.3 Å². The maximum Gasteiger partial charge on any atom is 0.174 e. The van der Waals surface area contributed by atoms with Crippen LogP contribution in [-0.4, -0.2) is 21.8 Å². The lowest BCUT2D eigenvalue weighted by atomic mass is 10.3. The van der Waals surface area contributed by atoms with E-state index in [2.05, 4.69) is 15.4 Å². The molecule has 5 heteroatoms. The molecule has 0 saturated carbocycles. The van der Waals surface area contributed by atoms with Gasteiger partial charge in [0.2, 0.25) is 0 Å². The van der Waals surface area contributed by atoms with Crippen LogP contribution in [-0.2, 0) is 0 Å². The van der Waals surface area contributed by atoms with Gasteiger partial charge >= 0.3 is 0 Å². The molecular formula is C10H11ClN4. The number of rotatable bonds is 2. The molecule has 0 aliphatic heterocycles. The Balaban J connectivity index is 2.45. The fourth-order valence-corrected chi connectivity index (χ4v) is 1.54. The van der Waals surface area contributed by atoms with Gasteiger partial charge in [-0.05, 0) is 18.6 Å². The molecule has 2 heterocycles. The fraction of sp³-hybridized carbons (Fsp3) is 0.200. The zero-order valence-electron chi connectivity index (χ0n) is 8.53.